The molecule has 0 radical (unpaired) electrons. The van der Waals surface area contributed by atoms with E-state index >= 15 is 0 Å². The topological polar surface area (TPSA) is 86.8 Å². The Morgan fingerprint density at radius 2 is 1.42 bits per heavy atom. The first-order valence-electron chi connectivity index (χ1n) is 12.4. The number of benzene rings is 3. The van der Waals surface area contributed by atoms with Gasteiger partial charge in [-0.25, -0.2) is 12.8 Å². The van der Waals surface area contributed by atoms with Crippen LogP contribution in [0.1, 0.15) is 37.5 Å². The average molecular weight is 540 g/mol. The molecule has 3 rings (SSSR count). The van der Waals surface area contributed by atoms with Crippen LogP contribution in [0.4, 0.5) is 10.1 Å². The van der Waals surface area contributed by atoms with E-state index in [-0.39, 0.29) is 29.1 Å². The van der Waals surface area contributed by atoms with Crippen molar-refractivity contribution >= 4 is 27.5 Å². The van der Waals surface area contributed by atoms with E-state index in [1.165, 1.54) is 35.2 Å². The summed E-state index contributed by atoms with van der Waals surface area (Å²) in [5.41, 5.74) is 2.40. The van der Waals surface area contributed by atoms with Crippen molar-refractivity contribution in [2.24, 2.45) is 0 Å². The lowest BCUT2D eigenvalue weighted by molar-refractivity contribution is -0.139. The Morgan fingerprint density at radius 1 is 0.868 bits per heavy atom. The number of nitrogens with one attached hydrogen (secondary N) is 1. The van der Waals surface area contributed by atoms with Gasteiger partial charge >= 0.3 is 0 Å². The molecule has 0 fully saturated rings. The molecule has 0 spiro atoms. The highest BCUT2D eigenvalue weighted by atomic mass is 32.2. The van der Waals surface area contributed by atoms with Crippen molar-refractivity contribution in [3.8, 4) is 0 Å². The summed E-state index contributed by atoms with van der Waals surface area (Å²) in [6, 6.07) is 17.9. The summed E-state index contributed by atoms with van der Waals surface area (Å²) >= 11 is 0. The van der Waals surface area contributed by atoms with Gasteiger partial charge in [-0.05, 0) is 64.4 Å². The number of amides is 2. The van der Waals surface area contributed by atoms with Crippen LogP contribution in [-0.4, -0.2) is 43.8 Å². The molecule has 1 atom stereocenters. The molecule has 1 N–H and O–H groups in total. The van der Waals surface area contributed by atoms with Gasteiger partial charge in [-0.2, -0.15) is 0 Å². The number of anilines is 1. The normalized spacial score (nSPS) is 12.2. The van der Waals surface area contributed by atoms with E-state index in [9.17, 15) is 22.4 Å². The molecule has 0 heterocycles. The van der Waals surface area contributed by atoms with Crippen LogP contribution in [-0.2, 0) is 26.2 Å². The van der Waals surface area contributed by atoms with Gasteiger partial charge in [0.05, 0.1) is 10.6 Å². The quantitative estimate of drug-likeness (QED) is 0.409. The first-order valence-corrected chi connectivity index (χ1v) is 13.8. The summed E-state index contributed by atoms with van der Waals surface area (Å²) in [6.07, 6.45) is 0. The van der Waals surface area contributed by atoms with Crippen molar-refractivity contribution in [3.05, 3.63) is 95.3 Å². The molecule has 0 unspecified atom stereocenters. The van der Waals surface area contributed by atoms with Crippen LogP contribution in [0.5, 0.6) is 0 Å². The summed E-state index contributed by atoms with van der Waals surface area (Å²) in [5, 5.41) is 2.80. The van der Waals surface area contributed by atoms with Crippen LogP contribution >= 0.6 is 0 Å². The third kappa shape index (κ3) is 6.98. The first kappa shape index (κ1) is 28.8. The number of hydrogen-bond acceptors (Lipinski definition) is 4. The van der Waals surface area contributed by atoms with Crippen LogP contribution in [0.3, 0.4) is 0 Å². The molecule has 0 aromatic heterocycles. The second-order valence-electron chi connectivity index (χ2n) is 9.62. The van der Waals surface area contributed by atoms with E-state index in [4.69, 9.17) is 0 Å². The number of rotatable bonds is 10. The lowest BCUT2D eigenvalue weighted by Crippen LogP contribution is -2.52. The van der Waals surface area contributed by atoms with E-state index in [2.05, 4.69) is 5.32 Å². The Morgan fingerprint density at radius 3 is 1.97 bits per heavy atom. The Bertz CT molecular complexity index is 1370. The maximum Gasteiger partial charge on any atom is 0.264 e. The van der Waals surface area contributed by atoms with Crippen LogP contribution < -0.4 is 9.62 Å². The molecular weight excluding hydrogens is 505 g/mol. The molecule has 38 heavy (non-hydrogen) atoms. The first-order chi connectivity index (χ1) is 17.9. The molecule has 7 nitrogen and oxygen atoms in total. The van der Waals surface area contributed by atoms with Gasteiger partial charge in [-0.15, -0.1) is 0 Å². The fourth-order valence-electron chi connectivity index (χ4n) is 3.88. The third-order valence-electron chi connectivity index (χ3n) is 6.08. The standard InChI is InChI=1S/C29H34FN3O4S/c1-20(2)31-29(35)23(5)32(18-24-14-10-21(3)11-15-24)28(34)19-33(27-9-7-6-8-26(27)30)38(36,37)25-16-12-22(4)13-17-25/h6-17,20,23H,18-19H2,1-5H3,(H,31,35)/t23-/m0/s1. The van der Waals surface area contributed by atoms with Crippen molar-refractivity contribution in [1.29, 1.82) is 0 Å². The SMILES string of the molecule is Cc1ccc(CN(C(=O)CN(c2ccccc2F)S(=O)(=O)c2ccc(C)cc2)[C@@H](C)C(=O)NC(C)C)cc1. The summed E-state index contributed by atoms with van der Waals surface area (Å²) < 4.78 is 43.1. The Kier molecular flexibility index (Phi) is 9.27. The average Bonchev–Trinajstić information content (AvgIpc) is 2.86. The Hall–Kier alpha value is -3.72. The number of sulfonamides is 1. The molecule has 202 valence electrons. The predicted molar refractivity (Wildman–Crippen MR) is 147 cm³/mol. The third-order valence-corrected chi connectivity index (χ3v) is 7.85. The van der Waals surface area contributed by atoms with Gasteiger partial charge in [-0.1, -0.05) is 59.7 Å². The minimum atomic E-state index is -4.32. The fraction of sp³-hybridized carbons (Fsp3) is 0.310. The zero-order chi connectivity index (χ0) is 28.0. The zero-order valence-electron chi connectivity index (χ0n) is 22.3. The van der Waals surface area contributed by atoms with Crippen molar-refractivity contribution in [2.45, 2.75) is 58.1 Å². The lowest BCUT2D eigenvalue weighted by atomic mass is 10.1. The zero-order valence-corrected chi connectivity index (χ0v) is 23.1. The molecule has 0 aliphatic carbocycles. The number of carbonyl (C=O) groups excluding carboxylic acids is 2. The van der Waals surface area contributed by atoms with Crippen molar-refractivity contribution < 1.29 is 22.4 Å². The molecule has 2 amide bonds. The minimum absolute atomic E-state index is 0.0709. The van der Waals surface area contributed by atoms with Crippen LogP contribution in [0.25, 0.3) is 0 Å². The molecule has 0 aliphatic heterocycles. The fourth-order valence-corrected chi connectivity index (χ4v) is 5.30. The van der Waals surface area contributed by atoms with E-state index in [1.807, 2.05) is 52.0 Å². The van der Waals surface area contributed by atoms with Gasteiger partial charge in [-0.3, -0.25) is 13.9 Å². The molecular formula is C29H34FN3O4S. The van der Waals surface area contributed by atoms with Crippen molar-refractivity contribution in [2.75, 3.05) is 10.8 Å². The number of hydrogen-bond donors (Lipinski definition) is 1. The maximum atomic E-state index is 14.9. The van der Waals surface area contributed by atoms with E-state index < -0.39 is 34.3 Å². The van der Waals surface area contributed by atoms with Gasteiger partial charge in [0.25, 0.3) is 10.0 Å². The predicted octanol–water partition coefficient (Wildman–Crippen LogP) is 4.58. The molecule has 3 aromatic carbocycles. The summed E-state index contributed by atoms with van der Waals surface area (Å²) in [4.78, 5) is 27.9. The lowest BCUT2D eigenvalue weighted by Gasteiger charge is -2.32. The van der Waals surface area contributed by atoms with Gasteiger partial charge in [0.15, 0.2) is 0 Å². The summed E-state index contributed by atoms with van der Waals surface area (Å²) in [7, 11) is -4.32. The van der Waals surface area contributed by atoms with Gasteiger partial charge in [0, 0.05) is 12.6 Å². The van der Waals surface area contributed by atoms with E-state index in [0.29, 0.717) is 0 Å². The van der Waals surface area contributed by atoms with Crippen molar-refractivity contribution in [3.63, 3.8) is 0 Å². The van der Waals surface area contributed by atoms with Gasteiger partial charge < -0.3 is 10.2 Å². The highest BCUT2D eigenvalue weighted by Crippen LogP contribution is 2.27. The van der Waals surface area contributed by atoms with Crippen LogP contribution in [0.2, 0.25) is 0 Å². The molecule has 0 saturated heterocycles. The molecule has 3 aromatic rings. The number of carbonyl (C=O) groups is 2. The number of para-hydroxylation sites is 1. The highest BCUT2D eigenvalue weighted by molar-refractivity contribution is 7.92. The molecule has 9 heteroatoms. The maximum absolute atomic E-state index is 14.9. The Labute approximate surface area is 224 Å². The minimum Gasteiger partial charge on any atom is -0.352 e. The molecule has 0 aliphatic rings. The van der Waals surface area contributed by atoms with Gasteiger partial charge in [0.2, 0.25) is 11.8 Å². The largest absolute Gasteiger partial charge is 0.352 e. The monoisotopic (exact) mass is 539 g/mol. The van der Waals surface area contributed by atoms with Crippen molar-refractivity contribution in [1.82, 2.24) is 10.2 Å². The number of aryl methyl sites for hydroxylation is 2. The Balaban J connectivity index is 2.04. The smallest absolute Gasteiger partial charge is 0.264 e. The van der Waals surface area contributed by atoms with Crippen LogP contribution in [0, 0.1) is 19.7 Å². The van der Waals surface area contributed by atoms with E-state index in [0.717, 1.165) is 27.1 Å². The molecule has 0 bridgehead atoms. The summed E-state index contributed by atoms with van der Waals surface area (Å²) in [5.74, 6) is -1.80. The second kappa shape index (κ2) is 12.2. The van der Waals surface area contributed by atoms with Crippen LogP contribution in [0.15, 0.2) is 77.7 Å². The second-order valence-corrected chi connectivity index (χ2v) is 11.5. The molecule has 0 saturated carbocycles. The summed E-state index contributed by atoms with van der Waals surface area (Å²) in [6.45, 7) is 8.35. The highest BCUT2D eigenvalue weighted by Gasteiger charge is 2.33. The van der Waals surface area contributed by atoms with E-state index in [1.54, 1.807) is 19.1 Å². The van der Waals surface area contributed by atoms with Gasteiger partial charge in [0.1, 0.15) is 18.4 Å². The number of nitrogens with zero attached hydrogens (tertiary/aromatic N) is 2. The number of halogens is 1.